The van der Waals surface area contributed by atoms with E-state index in [1.165, 1.54) is 60.4 Å². The minimum absolute atomic E-state index is 0.0127. The molecular weight excluding hydrogens is 787 g/mol. The Labute approximate surface area is 382 Å². The topological polar surface area (TPSA) is 32.3 Å². The molecule has 0 bridgehead atoms. The van der Waals surface area contributed by atoms with Gasteiger partial charge in [-0.25, -0.2) is 9.97 Å². The van der Waals surface area contributed by atoms with Gasteiger partial charge in [-0.15, -0.1) is 0 Å². The number of fused-ring (bicyclic) bond motifs is 7. The van der Waals surface area contributed by atoms with Gasteiger partial charge in [0.1, 0.15) is 0 Å². The third-order valence-corrected chi connectivity index (χ3v) is 13.7. The Hall–Kier alpha value is -7.50. The Balaban J connectivity index is 1.23. The summed E-state index contributed by atoms with van der Waals surface area (Å²) in [6.45, 7) is 13.7. The van der Waals surface area contributed by atoms with Crippen LogP contribution in [0.1, 0.15) is 52.7 Å². The second kappa shape index (κ2) is 14.5. The number of hydrogen-bond donors (Lipinski definition) is 0. The smallest absolute Gasteiger partial charge is 0.252 e. The predicted octanol–water partition coefficient (Wildman–Crippen LogP) is 13.9. The van der Waals surface area contributed by atoms with Crippen molar-refractivity contribution in [2.24, 2.45) is 0 Å². The van der Waals surface area contributed by atoms with Gasteiger partial charge in [0.05, 0.1) is 11.2 Å². The van der Waals surface area contributed by atoms with Crippen molar-refractivity contribution < 1.29 is 0 Å². The van der Waals surface area contributed by atoms with Crippen LogP contribution in [-0.2, 0) is 10.8 Å². The highest BCUT2D eigenvalue weighted by Crippen LogP contribution is 2.48. The molecule has 10 aromatic rings. The molecule has 2 aliphatic rings. The van der Waals surface area contributed by atoms with Crippen LogP contribution in [0.2, 0.25) is 0 Å². The second-order valence-electron chi connectivity index (χ2n) is 19.9. The van der Waals surface area contributed by atoms with Crippen LogP contribution in [0.5, 0.6) is 0 Å². The molecule has 0 saturated heterocycles. The van der Waals surface area contributed by atoms with E-state index in [1.54, 1.807) is 0 Å². The van der Waals surface area contributed by atoms with Crippen LogP contribution in [0.25, 0.3) is 55.1 Å². The van der Waals surface area contributed by atoms with Crippen LogP contribution >= 0.6 is 0 Å². The highest BCUT2D eigenvalue weighted by molar-refractivity contribution is 7.00. The van der Waals surface area contributed by atoms with Gasteiger partial charge in [0.25, 0.3) is 6.71 Å². The van der Waals surface area contributed by atoms with Gasteiger partial charge < -0.3 is 9.80 Å². The Bertz CT molecular complexity index is 3340. The van der Waals surface area contributed by atoms with Gasteiger partial charge in [-0.1, -0.05) is 175 Å². The van der Waals surface area contributed by atoms with Gasteiger partial charge in [-0.3, -0.25) is 0 Å². The molecule has 3 heterocycles. The number of aromatic nitrogens is 2. The summed E-state index contributed by atoms with van der Waals surface area (Å²) in [5.41, 5.74) is 17.3. The Morgan fingerprint density at radius 1 is 0.400 bits per heavy atom. The maximum atomic E-state index is 5.50. The lowest BCUT2D eigenvalue weighted by Crippen LogP contribution is -2.61. The number of nitrogens with zero attached hydrogens (tertiary/aromatic N) is 4. The number of anilines is 6. The van der Waals surface area contributed by atoms with Gasteiger partial charge >= 0.3 is 0 Å². The van der Waals surface area contributed by atoms with E-state index in [0.29, 0.717) is 5.82 Å². The van der Waals surface area contributed by atoms with E-state index < -0.39 is 0 Å². The molecule has 0 fully saturated rings. The lowest BCUT2D eigenvalue weighted by Gasteiger charge is -2.45. The molecule has 0 amide bonds. The van der Waals surface area contributed by atoms with Crippen molar-refractivity contribution >= 4 is 89.7 Å². The molecule has 65 heavy (non-hydrogen) atoms. The van der Waals surface area contributed by atoms with Crippen LogP contribution in [0, 0.1) is 0 Å². The average molecular weight is 837 g/mol. The molecule has 4 nitrogen and oxygen atoms in total. The molecule has 5 heteroatoms. The molecule has 312 valence electrons. The fourth-order valence-electron chi connectivity index (χ4n) is 10.3. The summed E-state index contributed by atoms with van der Waals surface area (Å²) in [5, 5.41) is 5.92. The zero-order chi connectivity index (χ0) is 44.2. The maximum absolute atomic E-state index is 5.50. The fraction of sp³-hybridized carbons (Fsp3) is 0.133. The summed E-state index contributed by atoms with van der Waals surface area (Å²) >= 11 is 0. The molecule has 1 aromatic heterocycles. The first-order chi connectivity index (χ1) is 31.5. The predicted molar refractivity (Wildman–Crippen MR) is 277 cm³/mol. The normalized spacial score (nSPS) is 13.3. The Morgan fingerprint density at radius 2 is 0.846 bits per heavy atom. The summed E-state index contributed by atoms with van der Waals surface area (Å²) in [5.74, 6) is 0.710. The molecule has 0 atom stereocenters. The van der Waals surface area contributed by atoms with Gasteiger partial charge in [-0.05, 0) is 114 Å². The van der Waals surface area contributed by atoms with E-state index in [1.807, 2.05) is 6.07 Å². The molecule has 12 rings (SSSR count). The van der Waals surface area contributed by atoms with E-state index >= 15 is 0 Å². The SMILES string of the molecule is CC(C)(C)c1ccc(N2c3cc4ccccc4cc3B3c4cc5ccccc5cc4N(c4ccc(C(C)(C)C)cc4)c4cc(-c5nc(-c6ccccc6)nc6ccccc56)cc2c43)cc1. The third-order valence-electron chi connectivity index (χ3n) is 13.7. The van der Waals surface area contributed by atoms with Crippen molar-refractivity contribution in [3.05, 3.63) is 199 Å². The summed E-state index contributed by atoms with van der Waals surface area (Å²) in [7, 11) is 0. The van der Waals surface area contributed by atoms with Crippen molar-refractivity contribution in [1.82, 2.24) is 9.97 Å². The van der Waals surface area contributed by atoms with Crippen molar-refractivity contribution in [2.75, 3.05) is 9.80 Å². The minimum Gasteiger partial charge on any atom is -0.311 e. The van der Waals surface area contributed by atoms with Crippen molar-refractivity contribution in [2.45, 2.75) is 52.4 Å². The second-order valence-corrected chi connectivity index (χ2v) is 19.9. The standard InChI is InChI=1S/C60H49BN4/c1-59(2,3)44-24-28-46(29-25-44)64-52-34-41-20-12-10-18-39(41)32-49(52)61-50-33-40-19-11-13-21-42(40)35-53(50)65(47-30-26-45(27-31-47)60(4,5)6)55-37-43(36-54(64)56(55)61)57-48-22-14-15-23-51(48)62-58(63-57)38-16-8-7-9-17-38/h7-37H,1-6H3. The summed E-state index contributed by atoms with van der Waals surface area (Å²) < 4.78 is 0. The first-order valence-electron chi connectivity index (χ1n) is 22.9. The Kier molecular flexibility index (Phi) is 8.74. The first kappa shape index (κ1) is 39.1. The maximum Gasteiger partial charge on any atom is 0.252 e. The van der Waals surface area contributed by atoms with Gasteiger partial charge in [0.2, 0.25) is 0 Å². The van der Waals surface area contributed by atoms with E-state index in [9.17, 15) is 0 Å². The molecular formula is C60H49BN4. The lowest BCUT2D eigenvalue weighted by molar-refractivity contribution is 0.590. The van der Waals surface area contributed by atoms with Gasteiger partial charge in [-0.2, -0.15) is 0 Å². The van der Waals surface area contributed by atoms with Crippen LogP contribution in [0.3, 0.4) is 0 Å². The third kappa shape index (κ3) is 6.44. The van der Waals surface area contributed by atoms with E-state index in [4.69, 9.17) is 9.97 Å². The van der Waals surface area contributed by atoms with E-state index in [2.05, 4.69) is 233 Å². The zero-order valence-electron chi connectivity index (χ0n) is 37.8. The van der Waals surface area contributed by atoms with Crippen LogP contribution in [0.4, 0.5) is 34.1 Å². The molecule has 0 radical (unpaired) electrons. The quantitative estimate of drug-likeness (QED) is 0.165. The van der Waals surface area contributed by atoms with E-state index in [0.717, 1.165) is 50.5 Å². The number of hydrogen-bond acceptors (Lipinski definition) is 4. The lowest BCUT2D eigenvalue weighted by atomic mass is 9.33. The number of rotatable bonds is 4. The molecule has 0 unspecified atom stereocenters. The number of benzene rings is 9. The van der Waals surface area contributed by atoms with Crippen molar-refractivity contribution in [3.8, 4) is 22.6 Å². The number of para-hydroxylation sites is 1. The van der Waals surface area contributed by atoms with Crippen molar-refractivity contribution in [1.29, 1.82) is 0 Å². The largest absolute Gasteiger partial charge is 0.311 e. The Morgan fingerprint density at radius 3 is 1.34 bits per heavy atom. The average Bonchev–Trinajstić information content (AvgIpc) is 3.32. The zero-order valence-corrected chi connectivity index (χ0v) is 37.8. The van der Waals surface area contributed by atoms with Crippen LogP contribution in [-0.4, -0.2) is 16.7 Å². The van der Waals surface area contributed by atoms with Crippen LogP contribution in [0.15, 0.2) is 188 Å². The molecule has 0 aliphatic carbocycles. The minimum atomic E-state index is -0.0505. The van der Waals surface area contributed by atoms with E-state index in [-0.39, 0.29) is 17.5 Å². The highest BCUT2D eigenvalue weighted by atomic mass is 15.2. The van der Waals surface area contributed by atoms with Gasteiger partial charge in [0, 0.05) is 50.6 Å². The highest BCUT2D eigenvalue weighted by Gasteiger charge is 2.44. The molecule has 0 saturated carbocycles. The monoisotopic (exact) mass is 836 g/mol. The summed E-state index contributed by atoms with van der Waals surface area (Å²) in [6.07, 6.45) is 0. The molecule has 0 N–H and O–H groups in total. The first-order valence-corrected chi connectivity index (χ1v) is 22.9. The summed E-state index contributed by atoms with van der Waals surface area (Å²) in [4.78, 5) is 15.7. The van der Waals surface area contributed by atoms with Crippen molar-refractivity contribution in [3.63, 3.8) is 0 Å². The summed E-state index contributed by atoms with van der Waals surface area (Å²) in [6, 6.07) is 69.6. The molecule has 9 aromatic carbocycles. The fourth-order valence-corrected chi connectivity index (χ4v) is 10.3. The van der Waals surface area contributed by atoms with Crippen LogP contribution < -0.4 is 26.2 Å². The van der Waals surface area contributed by atoms with Gasteiger partial charge in [0.15, 0.2) is 5.82 Å². The molecule has 0 spiro atoms. The molecule has 2 aliphatic heterocycles.